The van der Waals surface area contributed by atoms with E-state index in [4.69, 9.17) is 16.3 Å². The summed E-state index contributed by atoms with van der Waals surface area (Å²) in [6.07, 6.45) is 6.17. The lowest BCUT2D eigenvalue weighted by atomic mass is 9.92. The van der Waals surface area contributed by atoms with Gasteiger partial charge in [0.2, 0.25) is 0 Å². The van der Waals surface area contributed by atoms with Gasteiger partial charge in [-0.1, -0.05) is 17.7 Å². The molecule has 0 bridgehead atoms. The summed E-state index contributed by atoms with van der Waals surface area (Å²) < 4.78 is 5.37. The molecule has 0 amide bonds. The van der Waals surface area contributed by atoms with Crippen LogP contribution in [0.5, 0.6) is 0 Å². The zero-order valence-electron chi connectivity index (χ0n) is 16.4. The number of hydrogen-bond donors (Lipinski definition) is 4. The lowest BCUT2D eigenvalue weighted by Gasteiger charge is -2.34. The summed E-state index contributed by atoms with van der Waals surface area (Å²) in [6.45, 7) is 4.90. The summed E-state index contributed by atoms with van der Waals surface area (Å²) >= 11 is 6.11. The highest BCUT2D eigenvalue weighted by molar-refractivity contribution is 6.30. The van der Waals surface area contributed by atoms with Crippen LogP contribution in [0.15, 0.2) is 47.3 Å². The smallest absolute Gasteiger partial charge is 0.104 e. The summed E-state index contributed by atoms with van der Waals surface area (Å²) in [5.74, 6) is 1.67. The quantitative estimate of drug-likeness (QED) is 0.561. The van der Waals surface area contributed by atoms with Gasteiger partial charge in [-0.15, -0.1) is 0 Å². The number of ether oxygens (including phenoxy) is 1. The molecule has 4 N–H and O–H groups in total. The lowest BCUT2D eigenvalue weighted by Crippen LogP contribution is -2.46. The molecule has 152 valence electrons. The fraction of sp³-hybridized carbons (Fsp3) is 0.545. The van der Waals surface area contributed by atoms with Gasteiger partial charge in [0.25, 0.3) is 0 Å². The molecule has 0 radical (unpaired) electrons. The molecule has 0 spiro atoms. The van der Waals surface area contributed by atoms with Crippen LogP contribution in [0.25, 0.3) is 0 Å². The SMILES string of the molecule is CC1NC(Nc2cccc(Cl)c2)=CC(C2CC2)=C1CNCC1(O)CCOCC1. The number of rotatable bonds is 7. The van der Waals surface area contributed by atoms with Crippen molar-refractivity contribution in [1.29, 1.82) is 0 Å². The van der Waals surface area contributed by atoms with E-state index >= 15 is 0 Å². The van der Waals surface area contributed by atoms with Crippen LogP contribution < -0.4 is 16.0 Å². The minimum absolute atomic E-state index is 0.235. The molecule has 4 rings (SSSR count). The Hall–Kier alpha value is -1.53. The molecule has 2 heterocycles. The van der Waals surface area contributed by atoms with Gasteiger partial charge in [-0.2, -0.15) is 0 Å². The molecule has 1 saturated heterocycles. The van der Waals surface area contributed by atoms with E-state index in [2.05, 4.69) is 29.0 Å². The van der Waals surface area contributed by atoms with Crippen LogP contribution in [0.1, 0.15) is 32.6 Å². The van der Waals surface area contributed by atoms with E-state index in [1.54, 1.807) is 0 Å². The van der Waals surface area contributed by atoms with E-state index in [9.17, 15) is 5.11 Å². The van der Waals surface area contributed by atoms with Crippen molar-refractivity contribution in [3.63, 3.8) is 0 Å². The molecule has 1 atom stereocenters. The van der Waals surface area contributed by atoms with Gasteiger partial charge in [-0.3, -0.25) is 0 Å². The average molecular weight is 404 g/mol. The second-order valence-corrected chi connectivity index (χ2v) is 8.69. The van der Waals surface area contributed by atoms with Gasteiger partial charge < -0.3 is 25.8 Å². The second-order valence-electron chi connectivity index (χ2n) is 8.25. The monoisotopic (exact) mass is 403 g/mol. The maximum absolute atomic E-state index is 10.7. The normalized spacial score (nSPS) is 24.5. The van der Waals surface area contributed by atoms with Crippen molar-refractivity contribution in [3.05, 3.63) is 52.3 Å². The number of halogens is 1. The minimum Gasteiger partial charge on any atom is -0.388 e. The molecule has 1 aliphatic carbocycles. The maximum Gasteiger partial charge on any atom is 0.104 e. The third kappa shape index (κ3) is 4.90. The van der Waals surface area contributed by atoms with Gasteiger partial charge in [-0.05, 0) is 61.1 Å². The lowest BCUT2D eigenvalue weighted by molar-refractivity contribution is -0.0612. The predicted octanol–water partition coefficient (Wildman–Crippen LogP) is 3.42. The highest BCUT2D eigenvalue weighted by Gasteiger charge is 2.33. The highest BCUT2D eigenvalue weighted by atomic mass is 35.5. The molecular weight excluding hydrogens is 374 g/mol. The molecule has 1 aromatic rings. The third-order valence-electron chi connectivity index (χ3n) is 5.88. The van der Waals surface area contributed by atoms with Crippen LogP contribution in [0.4, 0.5) is 5.69 Å². The topological polar surface area (TPSA) is 65.5 Å². The van der Waals surface area contributed by atoms with Crippen LogP contribution in [0, 0.1) is 5.92 Å². The Kier molecular flexibility index (Phi) is 5.97. The van der Waals surface area contributed by atoms with Gasteiger partial charge in [0.15, 0.2) is 0 Å². The molecule has 0 aromatic heterocycles. The summed E-state index contributed by atoms with van der Waals surface area (Å²) in [5.41, 5.74) is 3.17. The Morgan fingerprint density at radius 2 is 2.07 bits per heavy atom. The first-order valence-corrected chi connectivity index (χ1v) is 10.6. The first-order chi connectivity index (χ1) is 13.5. The third-order valence-corrected chi connectivity index (χ3v) is 6.11. The van der Waals surface area contributed by atoms with Crippen LogP contribution in [0.2, 0.25) is 5.02 Å². The Balaban J connectivity index is 1.44. The number of benzene rings is 1. The molecule has 3 aliphatic rings. The van der Waals surface area contributed by atoms with Crippen molar-refractivity contribution >= 4 is 17.3 Å². The van der Waals surface area contributed by atoms with Gasteiger partial charge in [0.05, 0.1) is 5.60 Å². The standard InChI is InChI=1S/C22H30ClN3O2/c1-15-20(13-24-14-22(27)7-9-28-10-8-22)19(16-5-6-16)12-21(25-15)26-18-4-2-3-17(23)11-18/h2-4,11-12,15-16,24-27H,5-10,13-14H2,1H3. The fourth-order valence-electron chi connectivity index (χ4n) is 4.04. The van der Waals surface area contributed by atoms with Gasteiger partial charge >= 0.3 is 0 Å². The Morgan fingerprint density at radius 1 is 1.29 bits per heavy atom. The Morgan fingerprint density at radius 3 is 2.79 bits per heavy atom. The van der Waals surface area contributed by atoms with Gasteiger partial charge in [-0.25, -0.2) is 0 Å². The molecule has 6 heteroatoms. The van der Waals surface area contributed by atoms with E-state index in [-0.39, 0.29) is 6.04 Å². The molecule has 5 nitrogen and oxygen atoms in total. The molecule has 1 saturated carbocycles. The average Bonchev–Trinajstić information content (AvgIpc) is 3.49. The minimum atomic E-state index is -0.640. The van der Waals surface area contributed by atoms with Crippen LogP contribution in [0.3, 0.4) is 0 Å². The van der Waals surface area contributed by atoms with Crippen molar-refractivity contribution in [2.24, 2.45) is 5.92 Å². The van der Waals surface area contributed by atoms with Gasteiger partial charge in [0.1, 0.15) is 5.82 Å². The summed E-state index contributed by atoms with van der Waals surface area (Å²) in [5, 5.41) is 21.9. The highest BCUT2D eigenvalue weighted by Crippen LogP contribution is 2.41. The molecule has 2 aliphatic heterocycles. The fourth-order valence-corrected chi connectivity index (χ4v) is 4.23. The van der Waals surface area contributed by atoms with Crippen molar-refractivity contribution in [2.45, 2.75) is 44.2 Å². The molecule has 28 heavy (non-hydrogen) atoms. The number of nitrogens with one attached hydrogen (secondary N) is 3. The van der Waals surface area contributed by atoms with E-state index in [1.807, 2.05) is 24.3 Å². The zero-order valence-corrected chi connectivity index (χ0v) is 17.2. The predicted molar refractivity (Wildman–Crippen MR) is 113 cm³/mol. The van der Waals surface area contributed by atoms with Crippen LogP contribution >= 0.6 is 11.6 Å². The first kappa shape index (κ1) is 19.8. The number of allylic oxidation sites excluding steroid dienone is 2. The number of dihydropyridines is 1. The largest absolute Gasteiger partial charge is 0.388 e. The molecule has 2 fully saturated rings. The van der Waals surface area contributed by atoms with E-state index in [0.717, 1.165) is 23.1 Å². The maximum atomic E-state index is 10.7. The molecule has 1 unspecified atom stereocenters. The van der Waals surface area contributed by atoms with Crippen molar-refractivity contribution < 1.29 is 9.84 Å². The van der Waals surface area contributed by atoms with Crippen LogP contribution in [-0.2, 0) is 4.74 Å². The number of hydrogen-bond acceptors (Lipinski definition) is 5. The number of aliphatic hydroxyl groups is 1. The van der Waals surface area contributed by atoms with E-state index < -0.39 is 5.60 Å². The summed E-state index contributed by atoms with van der Waals surface area (Å²) in [6, 6.07) is 8.01. The molecular formula is C22H30ClN3O2. The summed E-state index contributed by atoms with van der Waals surface area (Å²) in [4.78, 5) is 0. The van der Waals surface area contributed by atoms with Gasteiger partial charge in [0, 0.05) is 55.9 Å². The van der Waals surface area contributed by atoms with Crippen molar-refractivity contribution in [1.82, 2.24) is 10.6 Å². The van der Waals surface area contributed by atoms with E-state index in [1.165, 1.54) is 24.0 Å². The Bertz CT molecular complexity index is 767. The summed E-state index contributed by atoms with van der Waals surface area (Å²) in [7, 11) is 0. The van der Waals surface area contributed by atoms with Crippen molar-refractivity contribution in [3.8, 4) is 0 Å². The van der Waals surface area contributed by atoms with E-state index in [0.29, 0.717) is 38.5 Å². The Labute approximate surface area is 172 Å². The second kappa shape index (κ2) is 8.46. The van der Waals surface area contributed by atoms with Crippen molar-refractivity contribution in [2.75, 3.05) is 31.6 Å². The molecule has 1 aromatic carbocycles. The number of anilines is 1. The zero-order chi connectivity index (χ0) is 19.6. The van der Waals surface area contributed by atoms with Crippen LogP contribution in [-0.4, -0.2) is 43.1 Å². The first-order valence-electron chi connectivity index (χ1n) is 10.3.